The molecular weight excluding hydrogens is 454 g/mol. The Balaban J connectivity index is 1.72. The zero-order chi connectivity index (χ0) is 25.2. The van der Waals surface area contributed by atoms with Gasteiger partial charge in [0.1, 0.15) is 17.6 Å². The Bertz CT molecular complexity index is 1130. The van der Waals surface area contributed by atoms with E-state index in [1.54, 1.807) is 31.4 Å². The topological polar surface area (TPSA) is 151 Å². The molecule has 1 aromatic heterocycles. The molecule has 0 saturated carbocycles. The standard InChI is InChI=1S/C25H27N3O7/c1-34-18-9-7-17(8-10-18)13-19(28-20(24(30)31)14-16-5-3-2-4-6-16)23(29)26-12-11-21-22(25(32)33)27-15-35-21/h2-10,15,19-20,28H,11-14H2,1H3,(H,26,29)(H,30,31)(H,32,33)/t19-,20-/m0/s1. The van der Waals surface area contributed by atoms with Gasteiger partial charge in [0.25, 0.3) is 0 Å². The first-order valence-electron chi connectivity index (χ1n) is 11.0. The van der Waals surface area contributed by atoms with Gasteiger partial charge in [-0.15, -0.1) is 0 Å². The molecule has 0 radical (unpaired) electrons. The third-order valence-corrected chi connectivity index (χ3v) is 5.39. The molecule has 0 aliphatic heterocycles. The number of aromatic nitrogens is 1. The van der Waals surface area contributed by atoms with Gasteiger partial charge in [-0.25, -0.2) is 9.78 Å². The molecule has 1 heterocycles. The average molecular weight is 482 g/mol. The minimum absolute atomic E-state index is 0.0888. The number of ether oxygens (including phenoxy) is 1. The van der Waals surface area contributed by atoms with Crippen LogP contribution in [0.1, 0.15) is 27.4 Å². The number of hydrogen-bond donors (Lipinski definition) is 4. The summed E-state index contributed by atoms with van der Waals surface area (Å²) in [6, 6.07) is 14.4. The maximum absolute atomic E-state index is 13.1. The van der Waals surface area contributed by atoms with E-state index in [4.69, 9.17) is 14.3 Å². The number of hydrogen-bond acceptors (Lipinski definition) is 7. The van der Waals surface area contributed by atoms with Crippen molar-refractivity contribution in [3.05, 3.63) is 83.6 Å². The second-order valence-corrected chi connectivity index (χ2v) is 7.82. The Labute approximate surface area is 201 Å². The van der Waals surface area contributed by atoms with Crippen LogP contribution in [0.15, 0.2) is 65.4 Å². The summed E-state index contributed by atoms with van der Waals surface area (Å²) in [5.41, 5.74) is 1.43. The van der Waals surface area contributed by atoms with Gasteiger partial charge in [0.15, 0.2) is 12.1 Å². The molecule has 0 fully saturated rings. The van der Waals surface area contributed by atoms with Crippen LogP contribution in [0.4, 0.5) is 0 Å². The van der Waals surface area contributed by atoms with Crippen molar-refractivity contribution in [1.29, 1.82) is 0 Å². The van der Waals surface area contributed by atoms with Gasteiger partial charge in [0.2, 0.25) is 5.91 Å². The van der Waals surface area contributed by atoms with Crippen molar-refractivity contribution in [2.75, 3.05) is 13.7 Å². The van der Waals surface area contributed by atoms with E-state index in [1.165, 1.54) is 0 Å². The lowest BCUT2D eigenvalue weighted by molar-refractivity contribution is -0.140. The summed E-state index contributed by atoms with van der Waals surface area (Å²) in [4.78, 5) is 39.9. The number of carbonyl (C=O) groups is 3. The SMILES string of the molecule is COc1ccc(C[C@H](N[C@@H](Cc2ccccc2)C(=O)O)C(=O)NCCc2ocnc2C(=O)O)cc1. The molecule has 10 nitrogen and oxygen atoms in total. The van der Waals surface area contributed by atoms with Gasteiger partial charge in [-0.3, -0.25) is 14.9 Å². The highest BCUT2D eigenvalue weighted by Gasteiger charge is 2.27. The Kier molecular flexibility index (Phi) is 8.96. The zero-order valence-corrected chi connectivity index (χ0v) is 19.1. The minimum Gasteiger partial charge on any atom is -0.497 e. The molecule has 1 amide bonds. The molecule has 0 saturated heterocycles. The van der Waals surface area contributed by atoms with E-state index in [0.29, 0.717) is 5.75 Å². The van der Waals surface area contributed by atoms with Crippen molar-refractivity contribution in [3.63, 3.8) is 0 Å². The van der Waals surface area contributed by atoms with Crippen LogP contribution in [0, 0.1) is 0 Å². The lowest BCUT2D eigenvalue weighted by atomic mass is 10.0. The van der Waals surface area contributed by atoms with E-state index in [1.807, 2.05) is 30.3 Å². The number of carboxylic acids is 2. The molecule has 0 aliphatic rings. The van der Waals surface area contributed by atoms with Crippen molar-refractivity contribution in [1.82, 2.24) is 15.6 Å². The maximum atomic E-state index is 13.1. The van der Waals surface area contributed by atoms with E-state index >= 15 is 0 Å². The molecule has 10 heteroatoms. The van der Waals surface area contributed by atoms with Crippen molar-refractivity contribution in [2.45, 2.75) is 31.3 Å². The molecule has 184 valence electrons. The first-order valence-corrected chi connectivity index (χ1v) is 11.0. The van der Waals surface area contributed by atoms with Crippen molar-refractivity contribution in [3.8, 4) is 5.75 Å². The minimum atomic E-state index is -1.22. The summed E-state index contributed by atoms with van der Waals surface area (Å²) in [7, 11) is 1.55. The number of methoxy groups -OCH3 is 1. The average Bonchev–Trinajstić information content (AvgIpc) is 3.33. The number of carbonyl (C=O) groups excluding carboxylic acids is 1. The molecule has 0 aliphatic carbocycles. The summed E-state index contributed by atoms with van der Waals surface area (Å²) in [6.45, 7) is 0.0888. The van der Waals surface area contributed by atoms with Crippen LogP contribution in [-0.4, -0.2) is 58.8 Å². The molecule has 4 N–H and O–H groups in total. The quantitative estimate of drug-likeness (QED) is 0.287. The predicted molar refractivity (Wildman–Crippen MR) is 125 cm³/mol. The van der Waals surface area contributed by atoms with Gasteiger partial charge < -0.3 is 24.7 Å². The lowest BCUT2D eigenvalue weighted by Crippen LogP contribution is -2.53. The summed E-state index contributed by atoms with van der Waals surface area (Å²) in [6.07, 6.45) is 1.59. The zero-order valence-electron chi connectivity index (χ0n) is 19.1. The Morgan fingerprint density at radius 2 is 1.63 bits per heavy atom. The summed E-state index contributed by atoms with van der Waals surface area (Å²) in [5.74, 6) is -1.91. The molecule has 3 rings (SSSR count). The first kappa shape index (κ1) is 25.4. The second kappa shape index (κ2) is 12.3. The van der Waals surface area contributed by atoms with Gasteiger partial charge in [-0.05, 0) is 36.1 Å². The van der Waals surface area contributed by atoms with Crippen molar-refractivity contribution in [2.24, 2.45) is 0 Å². The third-order valence-electron chi connectivity index (χ3n) is 5.39. The molecule has 0 spiro atoms. The molecule has 0 unspecified atom stereocenters. The number of oxazole rings is 1. The van der Waals surface area contributed by atoms with E-state index in [0.717, 1.165) is 17.5 Å². The number of amides is 1. The van der Waals surface area contributed by atoms with Crippen LogP contribution >= 0.6 is 0 Å². The van der Waals surface area contributed by atoms with E-state index < -0.39 is 29.9 Å². The fraction of sp³-hybridized carbons (Fsp3) is 0.280. The Hall–Kier alpha value is -4.18. The Morgan fingerprint density at radius 3 is 2.26 bits per heavy atom. The molecular formula is C25H27N3O7. The van der Waals surface area contributed by atoms with Crippen LogP contribution in [0.5, 0.6) is 5.75 Å². The largest absolute Gasteiger partial charge is 0.497 e. The lowest BCUT2D eigenvalue weighted by Gasteiger charge is -2.23. The number of aromatic carboxylic acids is 1. The van der Waals surface area contributed by atoms with Crippen LogP contribution in [0.2, 0.25) is 0 Å². The Morgan fingerprint density at radius 1 is 0.971 bits per heavy atom. The van der Waals surface area contributed by atoms with E-state index in [2.05, 4.69) is 15.6 Å². The van der Waals surface area contributed by atoms with Gasteiger partial charge in [0, 0.05) is 13.0 Å². The number of carboxylic acid groups (broad SMARTS) is 2. The van der Waals surface area contributed by atoms with E-state index in [-0.39, 0.29) is 37.3 Å². The molecule has 2 aromatic carbocycles. The number of nitrogens with one attached hydrogen (secondary N) is 2. The number of aliphatic carboxylic acids is 1. The van der Waals surface area contributed by atoms with Gasteiger partial charge in [-0.2, -0.15) is 0 Å². The summed E-state index contributed by atoms with van der Waals surface area (Å²) >= 11 is 0. The highest BCUT2D eigenvalue weighted by atomic mass is 16.5. The number of nitrogens with zero attached hydrogens (tertiary/aromatic N) is 1. The van der Waals surface area contributed by atoms with Gasteiger partial charge in [0.05, 0.1) is 13.2 Å². The number of rotatable bonds is 13. The van der Waals surface area contributed by atoms with Gasteiger partial charge >= 0.3 is 11.9 Å². The third kappa shape index (κ3) is 7.41. The molecule has 0 bridgehead atoms. The molecule has 2 atom stereocenters. The fourth-order valence-corrected chi connectivity index (χ4v) is 3.58. The predicted octanol–water partition coefficient (Wildman–Crippen LogP) is 1.94. The normalized spacial score (nSPS) is 12.5. The summed E-state index contributed by atoms with van der Waals surface area (Å²) in [5, 5.41) is 24.7. The van der Waals surface area contributed by atoms with Crippen LogP contribution < -0.4 is 15.4 Å². The van der Waals surface area contributed by atoms with Gasteiger partial charge in [-0.1, -0.05) is 42.5 Å². The number of benzene rings is 2. The fourth-order valence-electron chi connectivity index (χ4n) is 3.58. The molecule has 35 heavy (non-hydrogen) atoms. The summed E-state index contributed by atoms with van der Waals surface area (Å²) < 4.78 is 10.3. The van der Waals surface area contributed by atoms with Crippen molar-refractivity contribution >= 4 is 17.8 Å². The van der Waals surface area contributed by atoms with E-state index in [9.17, 15) is 19.5 Å². The van der Waals surface area contributed by atoms with Crippen molar-refractivity contribution < 1.29 is 33.8 Å². The van der Waals surface area contributed by atoms with Crippen LogP contribution in [-0.2, 0) is 28.9 Å². The smallest absolute Gasteiger partial charge is 0.358 e. The first-order chi connectivity index (χ1) is 16.9. The van der Waals surface area contributed by atoms with Crippen LogP contribution in [0.25, 0.3) is 0 Å². The molecule has 3 aromatic rings. The monoisotopic (exact) mass is 481 g/mol. The van der Waals surface area contributed by atoms with Crippen LogP contribution in [0.3, 0.4) is 0 Å². The maximum Gasteiger partial charge on any atom is 0.358 e. The second-order valence-electron chi connectivity index (χ2n) is 7.82. The highest BCUT2D eigenvalue weighted by molar-refractivity contribution is 5.86. The highest BCUT2D eigenvalue weighted by Crippen LogP contribution is 2.14.